The Labute approximate surface area is 126 Å². The first-order valence-electron chi connectivity index (χ1n) is 6.38. The monoisotopic (exact) mass is 305 g/mol. The van der Waals surface area contributed by atoms with Crippen LogP contribution in [0.3, 0.4) is 0 Å². The van der Waals surface area contributed by atoms with E-state index in [0.29, 0.717) is 11.4 Å². The summed E-state index contributed by atoms with van der Waals surface area (Å²) in [6.45, 7) is 3.81. The highest BCUT2D eigenvalue weighted by Crippen LogP contribution is 2.16. The molecule has 0 aliphatic heterocycles. The summed E-state index contributed by atoms with van der Waals surface area (Å²) in [6, 6.07) is 7.24. The molecule has 0 aliphatic carbocycles. The van der Waals surface area contributed by atoms with Gasteiger partial charge in [-0.25, -0.2) is 9.37 Å². The van der Waals surface area contributed by atoms with Gasteiger partial charge in [0.05, 0.1) is 18.2 Å². The van der Waals surface area contributed by atoms with E-state index >= 15 is 0 Å². The molecule has 2 rings (SSSR count). The summed E-state index contributed by atoms with van der Waals surface area (Å²) in [7, 11) is 0. The zero-order valence-electron chi connectivity index (χ0n) is 11.6. The first kappa shape index (κ1) is 15.2. The SMILES string of the molecule is CC(C)c1nc(Cl)cc(=O)n1Cc1ccc(C#N)cc1F. The molecule has 6 heteroatoms. The van der Waals surface area contributed by atoms with Crippen molar-refractivity contribution in [3.63, 3.8) is 0 Å². The smallest absolute Gasteiger partial charge is 0.255 e. The average Bonchev–Trinajstić information content (AvgIpc) is 2.42. The predicted octanol–water partition coefficient (Wildman–Crippen LogP) is 3.08. The van der Waals surface area contributed by atoms with E-state index in [9.17, 15) is 9.18 Å². The van der Waals surface area contributed by atoms with E-state index in [4.69, 9.17) is 16.9 Å². The van der Waals surface area contributed by atoms with Gasteiger partial charge in [0.1, 0.15) is 16.8 Å². The lowest BCUT2D eigenvalue weighted by atomic mass is 10.1. The van der Waals surface area contributed by atoms with Crippen LogP contribution in [-0.4, -0.2) is 9.55 Å². The molecule has 1 heterocycles. The largest absolute Gasteiger partial charge is 0.292 e. The maximum atomic E-state index is 14.0. The molecule has 108 valence electrons. The lowest BCUT2D eigenvalue weighted by molar-refractivity contribution is 0.574. The van der Waals surface area contributed by atoms with Crippen molar-refractivity contribution in [2.24, 2.45) is 0 Å². The summed E-state index contributed by atoms with van der Waals surface area (Å²) in [5.41, 5.74) is 0.228. The van der Waals surface area contributed by atoms with Gasteiger partial charge in [-0.1, -0.05) is 31.5 Å². The highest BCUT2D eigenvalue weighted by molar-refractivity contribution is 6.29. The van der Waals surface area contributed by atoms with Gasteiger partial charge in [0.15, 0.2) is 0 Å². The molecule has 0 saturated heterocycles. The third-order valence-electron chi connectivity index (χ3n) is 3.03. The molecule has 0 amide bonds. The summed E-state index contributed by atoms with van der Waals surface area (Å²) < 4.78 is 15.3. The van der Waals surface area contributed by atoms with Crippen LogP contribution in [-0.2, 0) is 6.54 Å². The van der Waals surface area contributed by atoms with Crippen molar-refractivity contribution in [1.82, 2.24) is 9.55 Å². The van der Waals surface area contributed by atoms with Crippen molar-refractivity contribution < 1.29 is 4.39 Å². The third kappa shape index (κ3) is 3.29. The quantitative estimate of drug-likeness (QED) is 0.819. The molecule has 2 aromatic rings. The van der Waals surface area contributed by atoms with Crippen LogP contribution in [0.15, 0.2) is 29.1 Å². The van der Waals surface area contributed by atoms with Crippen molar-refractivity contribution in [1.29, 1.82) is 5.26 Å². The van der Waals surface area contributed by atoms with Crippen molar-refractivity contribution >= 4 is 11.6 Å². The van der Waals surface area contributed by atoms with Crippen LogP contribution >= 0.6 is 11.6 Å². The Kier molecular flexibility index (Phi) is 4.39. The number of nitriles is 1. The fourth-order valence-electron chi connectivity index (χ4n) is 2.01. The zero-order chi connectivity index (χ0) is 15.6. The summed E-state index contributed by atoms with van der Waals surface area (Å²) in [5, 5.41) is 8.86. The van der Waals surface area contributed by atoms with Crippen LogP contribution in [0.5, 0.6) is 0 Å². The number of aromatic nitrogens is 2. The van der Waals surface area contributed by atoms with Crippen LogP contribution < -0.4 is 5.56 Å². The van der Waals surface area contributed by atoms with Gasteiger partial charge in [0, 0.05) is 17.5 Å². The number of hydrogen-bond acceptors (Lipinski definition) is 3. The summed E-state index contributed by atoms with van der Waals surface area (Å²) >= 11 is 5.81. The number of rotatable bonds is 3. The highest BCUT2D eigenvalue weighted by Gasteiger charge is 2.13. The minimum Gasteiger partial charge on any atom is -0.292 e. The molecule has 0 saturated carbocycles. The fraction of sp³-hybridized carbons (Fsp3) is 0.267. The molecular formula is C15H13ClFN3O. The van der Waals surface area contributed by atoms with Crippen LogP contribution in [0.1, 0.15) is 36.7 Å². The molecule has 1 aromatic heterocycles. The number of hydrogen-bond donors (Lipinski definition) is 0. The number of nitrogens with zero attached hydrogens (tertiary/aromatic N) is 3. The maximum absolute atomic E-state index is 14.0. The van der Waals surface area contributed by atoms with Crippen LogP contribution in [0.25, 0.3) is 0 Å². The molecule has 4 nitrogen and oxygen atoms in total. The molecule has 0 unspecified atom stereocenters. The molecule has 0 bridgehead atoms. The van der Waals surface area contributed by atoms with Gasteiger partial charge in [-0.15, -0.1) is 0 Å². The van der Waals surface area contributed by atoms with Crippen molar-refractivity contribution in [3.05, 3.63) is 62.5 Å². The van der Waals surface area contributed by atoms with Gasteiger partial charge in [0.25, 0.3) is 5.56 Å². The van der Waals surface area contributed by atoms with Gasteiger partial charge < -0.3 is 0 Å². The van der Waals surface area contributed by atoms with E-state index < -0.39 is 5.82 Å². The Morgan fingerprint density at radius 1 is 1.43 bits per heavy atom. The van der Waals surface area contributed by atoms with Crippen LogP contribution in [0.2, 0.25) is 5.15 Å². The molecule has 0 spiro atoms. The highest BCUT2D eigenvalue weighted by atomic mass is 35.5. The summed E-state index contributed by atoms with van der Waals surface area (Å²) in [4.78, 5) is 16.2. The standard InChI is InChI=1S/C15H13ClFN3O/c1-9(2)15-19-13(16)6-14(21)20(15)8-11-4-3-10(7-18)5-12(11)17/h3-6,9H,8H2,1-2H3. The predicted molar refractivity (Wildman–Crippen MR) is 77.8 cm³/mol. The van der Waals surface area contributed by atoms with Gasteiger partial charge in [-0.2, -0.15) is 5.26 Å². The van der Waals surface area contributed by atoms with Crippen LogP contribution in [0, 0.1) is 17.1 Å². The Balaban J connectivity index is 2.50. The minimum absolute atomic E-state index is 0.0298. The van der Waals surface area contributed by atoms with Gasteiger partial charge in [0.2, 0.25) is 0 Å². The average molecular weight is 306 g/mol. The fourth-order valence-corrected chi connectivity index (χ4v) is 2.19. The van der Waals surface area contributed by atoms with Crippen molar-refractivity contribution in [2.75, 3.05) is 0 Å². The number of halogens is 2. The minimum atomic E-state index is -0.523. The molecule has 0 radical (unpaired) electrons. The van der Waals surface area contributed by atoms with Gasteiger partial charge >= 0.3 is 0 Å². The molecular weight excluding hydrogens is 293 g/mol. The van der Waals surface area contributed by atoms with Gasteiger partial charge in [-0.3, -0.25) is 9.36 Å². The lowest BCUT2D eigenvalue weighted by Gasteiger charge is -2.15. The zero-order valence-corrected chi connectivity index (χ0v) is 12.4. The Morgan fingerprint density at radius 2 is 2.14 bits per heavy atom. The maximum Gasteiger partial charge on any atom is 0.255 e. The van der Waals surface area contributed by atoms with E-state index in [1.165, 1.54) is 22.8 Å². The molecule has 21 heavy (non-hydrogen) atoms. The summed E-state index contributed by atoms with van der Waals surface area (Å²) in [5.74, 6) is -0.0558. The second-order valence-corrected chi connectivity index (χ2v) is 5.32. The van der Waals surface area contributed by atoms with Crippen LogP contribution in [0.4, 0.5) is 4.39 Å². The molecule has 1 aromatic carbocycles. The topological polar surface area (TPSA) is 58.7 Å². The first-order valence-corrected chi connectivity index (χ1v) is 6.76. The van der Waals surface area contributed by atoms with E-state index in [0.717, 1.165) is 6.07 Å². The van der Waals surface area contributed by atoms with E-state index in [1.54, 1.807) is 0 Å². The molecule has 0 fully saturated rings. The van der Waals surface area contributed by atoms with Crippen molar-refractivity contribution in [3.8, 4) is 6.07 Å². The lowest BCUT2D eigenvalue weighted by Crippen LogP contribution is -2.26. The summed E-state index contributed by atoms with van der Waals surface area (Å²) in [6.07, 6.45) is 0. The van der Waals surface area contributed by atoms with E-state index in [1.807, 2.05) is 19.9 Å². The van der Waals surface area contributed by atoms with Gasteiger partial charge in [-0.05, 0) is 12.1 Å². The molecule has 0 atom stereocenters. The second kappa shape index (κ2) is 6.06. The first-order chi connectivity index (χ1) is 9.92. The normalized spacial score (nSPS) is 10.7. The Morgan fingerprint density at radius 3 is 2.71 bits per heavy atom. The second-order valence-electron chi connectivity index (χ2n) is 4.93. The van der Waals surface area contributed by atoms with E-state index in [2.05, 4.69) is 4.98 Å². The molecule has 0 aliphatic rings. The molecule has 0 N–H and O–H groups in total. The Bertz CT molecular complexity index is 777. The third-order valence-corrected chi connectivity index (χ3v) is 3.23. The Hall–Kier alpha value is -2.19. The van der Waals surface area contributed by atoms with E-state index in [-0.39, 0.29) is 28.7 Å². The number of benzene rings is 1. The van der Waals surface area contributed by atoms with Crippen molar-refractivity contribution in [2.45, 2.75) is 26.3 Å².